The lowest BCUT2D eigenvalue weighted by Crippen LogP contribution is -2.16. The van der Waals surface area contributed by atoms with Crippen molar-refractivity contribution in [1.82, 2.24) is 5.32 Å². The fraction of sp³-hybridized carbons (Fsp3) is 0.462. The molecule has 0 saturated carbocycles. The SMILES string of the molecule is CCOC(=O)CCCNCc1cc(F)ccc1Cl. The number of esters is 1. The Bertz CT molecular complexity index is 399. The van der Waals surface area contributed by atoms with Crippen molar-refractivity contribution in [3.63, 3.8) is 0 Å². The molecule has 0 aliphatic carbocycles. The molecule has 0 bridgehead atoms. The molecule has 0 spiro atoms. The zero-order valence-electron chi connectivity index (χ0n) is 10.3. The van der Waals surface area contributed by atoms with Gasteiger partial charge < -0.3 is 10.1 Å². The minimum atomic E-state index is -0.303. The Hall–Kier alpha value is -1.13. The first-order valence-corrected chi connectivity index (χ1v) is 6.31. The smallest absolute Gasteiger partial charge is 0.305 e. The van der Waals surface area contributed by atoms with E-state index in [0.29, 0.717) is 43.1 Å². The molecule has 0 radical (unpaired) electrons. The second kappa shape index (κ2) is 8.06. The molecule has 0 heterocycles. The van der Waals surface area contributed by atoms with Crippen LogP contribution in [0.25, 0.3) is 0 Å². The van der Waals surface area contributed by atoms with Gasteiger partial charge in [0.1, 0.15) is 5.82 Å². The van der Waals surface area contributed by atoms with Crippen LogP contribution in [0.5, 0.6) is 0 Å². The van der Waals surface area contributed by atoms with Crippen molar-refractivity contribution in [2.75, 3.05) is 13.2 Å². The molecule has 5 heteroatoms. The number of nitrogens with one attached hydrogen (secondary N) is 1. The van der Waals surface area contributed by atoms with E-state index in [1.807, 2.05) is 0 Å². The number of ether oxygens (including phenoxy) is 1. The number of carbonyl (C=O) groups is 1. The average Bonchev–Trinajstić information content (AvgIpc) is 2.33. The van der Waals surface area contributed by atoms with Gasteiger partial charge in [-0.3, -0.25) is 4.79 Å². The minimum absolute atomic E-state index is 0.192. The molecule has 0 saturated heterocycles. The van der Waals surface area contributed by atoms with Crippen LogP contribution in [0.15, 0.2) is 18.2 Å². The third-order valence-corrected chi connectivity index (χ3v) is 2.73. The van der Waals surface area contributed by atoms with Gasteiger partial charge in [-0.05, 0) is 43.7 Å². The van der Waals surface area contributed by atoms with Crippen LogP contribution in [0.1, 0.15) is 25.3 Å². The van der Waals surface area contributed by atoms with Crippen molar-refractivity contribution in [3.05, 3.63) is 34.6 Å². The Morgan fingerprint density at radius 1 is 1.50 bits per heavy atom. The summed E-state index contributed by atoms with van der Waals surface area (Å²) in [5.41, 5.74) is 0.716. The third kappa shape index (κ3) is 5.47. The predicted octanol–water partition coefficient (Wildman–Crippen LogP) is 2.91. The van der Waals surface area contributed by atoms with Gasteiger partial charge in [0.05, 0.1) is 6.61 Å². The highest BCUT2D eigenvalue weighted by Gasteiger charge is 2.03. The molecule has 18 heavy (non-hydrogen) atoms. The third-order valence-electron chi connectivity index (χ3n) is 2.36. The van der Waals surface area contributed by atoms with Crippen molar-refractivity contribution in [2.24, 2.45) is 0 Å². The summed E-state index contributed by atoms with van der Waals surface area (Å²) in [6.45, 7) is 3.33. The largest absolute Gasteiger partial charge is 0.466 e. The number of carbonyl (C=O) groups excluding carboxylic acids is 1. The Morgan fingerprint density at radius 2 is 2.28 bits per heavy atom. The topological polar surface area (TPSA) is 38.3 Å². The summed E-state index contributed by atoms with van der Waals surface area (Å²) in [4.78, 5) is 11.1. The van der Waals surface area contributed by atoms with Crippen molar-refractivity contribution in [3.8, 4) is 0 Å². The van der Waals surface area contributed by atoms with Crippen LogP contribution in [0, 0.1) is 5.82 Å². The number of halogens is 2. The summed E-state index contributed by atoms with van der Waals surface area (Å²) in [5, 5.41) is 3.64. The molecular weight excluding hydrogens is 257 g/mol. The van der Waals surface area contributed by atoms with Crippen molar-refractivity contribution >= 4 is 17.6 Å². The highest BCUT2D eigenvalue weighted by molar-refractivity contribution is 6.31. The van der Waals surface area contributed by atoms with Crippen LogP contribution >= 0.6 is 11.6 Å². The maximum absolute atomic E-state index is 13.0. The summed E-state index contributed by atoms with van der Waals surface area (Å²) < 4.78 is 17.8. The normalized spacial score (nSPS) is 10.4. The molecule has 1 N–H and O–H groups in total. The quantitative estimate of drug-likeness (QED) is 0.613. The van der Waals surface area contributed by atoms with E-state index in [-0.39, 0.29) is 11.8 Å². The molecule has 1 aromatic rings. The molecule has 0 aliphatic heterocycles. The fourth-order valence-electron chi connectivity index (χ4n) is 1.49. The molecule has 0 amide bonds. The summed E-state index contributed by atoms with van der Waals surface area (Å²) in [6, 6.07) is 4.26. The van der Waals surface area contributed by atoms with E-state index < -0.39 is 0 Å². The van der Waals surface area contributed by atoms with E-state index in [9.17, 15) is 9.18 Å². The molecule has 1 rings (SSSR count). The molecule has 3 nitrogen and oxygen atoms in total. The first-order chi connectivity index (χ1) is 8.63. The average molecular weight is 274 g/mol. The molecule has 0 unspecified atom stereocenters. The molecule has 1 aromatic carbocycles. The van der Waals surface area contributed by atoms with E-state index >= 15 is 0 Å². The van der Waals surface area contributed by atoms with Gasteiger partial charge in [0.25, 0.3) is 0 Å². The van der Waals surface area contributed by atoms with Gasteiger partial charge in [-0.2, -0.15) is 0 Å². The van der Waals surface area contributed by atoms with E-state index in [4.69, 9.17) is 16.3 Å². The lowest BCUT2D eigenvalue weighted by molar-refractivity contribution is -0.143. The van der Waals surface area contributed by atoms with Crippen LogP contribution in [0.3, 0.4) is 0 Å². The lowest BCUT2D eigenvalue weighted by Gasteiger charge is -2.06. The monoisotopic (exact) mass is 273 g/mol. The van der Waals surface area contributed by atoms with Gasteiger partial charge in [0.15, 0.2) is 0 Å². The van der Waals surface area contributed by atoms with Gasteiger partial charge in [-0.25, -0.2) is 4.39 Å². The van der Waals surface area contributed by atoms with Gasteiger partial charge in [-0.1, -0.05) is 11.6 Å². The van der Waals surface area contributed by atoms with Crippen molar-refractivity contribution in [2.45, 2.75) is 26.3 Å². The number of hydrogen-bond acceptors (Lipinski definition) is 3. The van der Waals surface area contributed by atoms with Gasteiger partial charge in [-0.15, -0.1) is 0 Å². The highest BCUT2D eigenvalue weighted by atomic mass is 35.5. The van der Waals surface area contributed by atoms with Crippen LogP contribution in [-0.2, 0) is 16.1 Å². The lowest BCUT2D eigenvalue weighted by atomic mass is 10.2. The maximum atomic E-state index is 13.0. The van der Waals surface area contributed by atoms with Crippen LogP contribution in [-0.4, -0.2) is 19.1 Å². The van der Waals surface area contributed by atoms with Gasteiger partial charge >= 0.3 is 5.97 Å². The summed E-state index contributed by atoms with van der Waals surface area (Å²) in [7, 11) is 0. The zero-order chi connectivity index (χ0) is 13.4. The van der Waals surface area contributed by atoms with Gasteiger partial charge in [0.2, 0.25) is 0 Å². The van der Waals surface area contributed by atoms with Crippen LogP contribution in [0.2, 0.25) is 5.02 Å². The Balaban J connectivity index is 2.21. The molecular formula is C13H17ClFNO2. The molecule has 0 aromatic heterocycles. The first kappa shape index (κ1) is 14.9. The Kier molecular flexibility index (Phi) is 6.68. The zero-order valence-corrected chi connectivity index (χ0v) is 11.1. The standard InChI is InChI=1S/C13H17ClFNO2/c1-2-18-13(17)4-3-7-16-9-10-8-11(15)5-6-12(10)14/h5-6,8,16H,2-4,7,9H2,1H3. The van der Waals surface area contributed by atoms with Crippen molar-refractivity contribution in [1.29, 1.82) is 0 Å². The highest BCUT2D eigenvalue weighted by Crippen LogP contribution is 2.16. The predicted molar refractivity (Wildman–Crippen MR) is 69.0 cm³/mol. The van der Waals surface area contributed by atoms with E-state index in [2.05, 4.69) is 5.32 Å². The Labute approximate surface area is 111 Å². The second-order valence-electron chi connectivity index (χ2n) is 3.82. The van der Waals surface area contributed by atoms with Crippen LogP contribution in [0.4, 0.5) is 4.39 Å². The van der Waals surface area contributed by atoms with Crippen LogP contribution < -0.4 is 5.32 Å². The fourth-order valence-corrected chi connectivity index (χ4v) is 1.68. The number of rotatable bonds is 7. The van der Waals surface area contributed by atoms with E-state index in [1.54, 1.807) is 6.92 Å². The van der Waals surface area contributed by atoms with E-state index in [0.717, 1.165) is 0 Å². The molecule has 0 fully saturated rings. The molecule has 0 aliphatic rings. The van der Waals surface area contributed by atoms with E-state index in [1.165, 1.54) is 18.2 Å². The number of hydrogen-bond donors (Lipinski definition) is 1. The summed E-state index contributed by atoms with van der Waals surface area (Å²) in [6.07, 6.45) is 1.07. The minimum Gasteiger partial charge on any atom is -0.466 e. The molecule has 100 valence electrons. The first-order valence-electron chi connectivity index (χ1n) is 5.93. The van der Waals surface area contributed by atoms with Gasteiger partial charge in [0, 0.05) is 18.0 Å². The summed E-state index contributed by atoms with van der Waals surface area (Å²) >= 11 is 5.92. The summed E-state index contributed by atoms with van der Waals surface area (Å²) in [5.74, 6) is -0.495. The second-order valence-corrected chi connectivity index (χ2v) is 4.23. The molecule has 0 atom stereocenters. The number of benzene rings is 1. The maximum Gasteiger partial charge on any atom is 0.305 e. The Morgan fingerprint density at radius 3 is 3.00 bits per heavy atom. The van der Waals surface area contributed by atoms with Crippen molar-refractivity contribution < 1.29 is 13.9 Å².